The van der Waals surface area contributed by atoms with Crippen LogP contribution >= 0.6 is 11.3 Å². The van der Waals surface area contributed by atoms with Crippen molar-refractivity contribution in [3.8, 4) is 0 Å². The summed E-state index contributed by atoms with van der Waals surface area (Å²) in [5.41, 5.74) is 5.55. The molecule has 0 saturated carbocycles. The number of hydrogen-bond acceptors (Lipinski definition) is 3. The summed E-state index contributed by atoms with van der Waals surface area (Å²) in [6.45, 7) is 9.38. The van der Waals surface area contributed by atoms with Gasteiger partial charge in [-0.1, -0.05) is 27.7 Å². The Balaban J connectivity index is 2.88. The van der Waals surface area contributed by atoms with E-state index in [1.54, 1.807) is 11.3 Å². The second kappa shape index (κ2) is 5.65. The minimum atomic E-state index is -0.351. The van der Waals surface area contributed by atoms with Crippen molar-refractivity contribution in [1.82, 2.24) is 5.32 Å². The van der Waals surface area contributed by atoms with Crippen LogP contribution in [0.15, 0.2) is 12.1 Å². The third-order valence-corrected chi connectivity index (χ3v) is 4.11. The highest BCUT2D eigenvalue weighted by Crippen LogP contribution is 2.32. The largest absolute Gasteiger partial charge is 0.368 e. The molecule has 0 aromatic carbocycles. The zero-order valence-corrected chi connectivity index (χ0v) is 11.9. The molecule has 1 aromatic heterocycles. The monoisotopic (exact) mass is 254 g/mol. The summed E-state index contributed by atoms with van der Waals surface area (Å²) in [5.74, 6) is -0.305. The van der Waals surface area contributed by atoms with Gasteiger partial charge in [-0.25, -0.2) is 0 Å². The van der Waals surface area contributed by atoms with Gasteiger partial charge in [0.15, 0.2) is 0 Å². The van der Waals surface area contributed by atoms with Gasteiger partial charge in [-0.05, 0) is 30.5 Å². The molecule has 17 heavy (non-hydrogen) atoms. The van der Waals surface area contributed by atoms with Crippen molar-refractivity contribution >= 4 is 17.2 Å². The van der Waals surface area contributed by atoms with Crippen molar-refractivity contribution in [2.24, 2.45) is 5.73 Å². The smallest absolute Gasteiger partial charge is 0.239 e. The van der Waals surface area contributed by atoms with E-state index in [4.69, 9.17) is 5.73 Å². The maximum Gasteiger partial charge on any atom is 0.239 e. The fraction of sp³-hybridized carbons (Fsp3) is 0.615. The zero-order chi connectivity index (χ0) is 13.1. The molecule has 0 aliphatic rings. The van der Waals surface area contributed by atoms with Crippen LogP contribution in [0, 0.1) is 0 Å². The van der Waals surface area contributed by atoms with Gasteiger partial charge >= 0.3 is 0 Å². The molecule has 0 fully saturated rings. The normalized spacial score (nSPS) is 13.6. The first-order chi connectivity index (χ1) is 7.86. The Morgan fingerprint density at radius 1 is 1.47 bits per heavy atom. The molecule has 3 nitrogen and oxygen atoms in total. The Bertz CT molecular complexity index is 379. The highest BCUT2D eigenvalue weighted by molar-refractivity contribution is 7.12. The minimum Gasteiger partial charge on any atom is -0.368 e. The third-order valence-electron chi connectivity index (χ3n) is 2.53. The molecular formula is C13H22N2OS. The lowest BCUT2D eigenvalue weighted by Gasteiger charge is -2.16. The number of amides is 1. The van der Waals surface area contributed by atoms with E-state index < -0.39 is 0 Å². The number of rotatable bonds is 5. The second-order valence-electron chi connectivity index (χ2n) is 5.24. The average molecular weight is 254 g/mol. The van der Waals surface area contributed by atoms with Crippen LogP contribution in [0.5, 0.6) is 0 Å². The van der Waals surface area contributed by atoms with Crippen LogP contribution in [0.25, 0.3) is 0 Å². The first kappa shape index (κ1) is 14.2. The Labute approximate surface area is 107 Å². The SMILES string of the molecule is CCCNC(C(N)=O)c1ccc(C(C)(C)C)s1. The topological polar surface area (TPSA) is 55.1 Å². The van der Waals surface area contributed by atoms with Gasteiger partial charge < -0.3 is 11.1 Å². The number of primary amides is 1. The lowest BCUT2D eigenvalue weighted by molar-refractivity contribution is -0.120. The summed E-state index contributed by atoms with van der Waals surface area (Å²) in [4.78, 5) is 13.7. The standard InChI is InChI=1S/C13H22N2OS/c1-5-8-15-11(12(14)16)9-6-7-10(17-9)13(2,3)4/h6-7,11,15H,5,8H2,1-4H3,(H2,14,16). The second-order valence-corrected chi connectivity index (χ2v) is 6.36. The zero-order valence-electron chi connectivity index (χ0n) is 11.0. The predicted octanol–water partition coefficient (Wildman–Crippen LogP) is 2.57. The van der Waals surface area contributed by atoms with Gasteiger partial charge in [0.25, 0.3) is 0 Å². The van der Waals surface area contributed by atoms with Gasteiger partial charge in [0.05, 0.1) is 0 Å². The van der Waals surface area contributed by atoms with Crippen LogP contribution in [0.3, 0.4) is 0 Å². The van der Waals surface area contributed by atoms with Gasteiger partial charge in [-0.3, -0.25) is 4.79 Å². The molecule has 0 aliphatic carbocycles. The van der Waals surface area contributed by atoms with Crippen molar-refractivity contribution in [3.63, 3.8) is 0 Å². The van der Waals surface area contributed by atoms with Crippen LogP contribution in [0.4, 0.5) is 0 Å². The molecule has 1 heterocycles. The maximum absolute atomic E-state index is 11.4. The summed E-state index contributed by atoms with van der Waals surface area (Å²) < 4.78 is 0. The van der Waals surface area contributed by atoms with E-state index in [2.05, 4.69) is 39.1 Å². The van der Waals surface area contributed by atoms with Crippen molar-refractivity contribution < 1.29 is 4.79 Å². The summed E-state index contributed by atoms with van der Waals surface area (Å²) >= 11 is 1.66. The molecular weight excluding hydrogens is 232 g/mol. The van der Waals surface area contributed by atoms with Crippen molar-refractivity contribution in [3.05, 3.63) is 21.9 Å². The van der Waals surface area contributed by atoms with Crippen molar-refractivity contribution in [2.75, 3.05) is 6.54 Å². The highest BCUT2D eigenvalue weighted by Gasteiger charge is 2.22. The molecule has 1 amide bonds. The molecule has 0 bridgehead atoms. The van der Waals surface area contributed by atoms with E-state index >= 15 is 0 Å². The average Bonchev–Trinajstić information content (AvgIpc) is 2.66. The molecule has 0 saturated heterocycles. The highest BCUT2D eigenvalue weighted by atomic mass is 32.1. The van der Waals surface area contributed by atoms with Crippen LogP contribution in [-0.2, 0) is 10.2 Å². The molecule has 1 rings (SSSR count). The van der Waals surface area contributed by atoms with Gasteiger partial charge in [0, 0.05) is 9.75 Å². The van der Waals surface area contributed by atoms with Gasteiger partial charge in [0.1, 0.15) is 6.04 Å². The Morgan fingerprint density at radius 2 is 2.12 bits per heavy atom. The summed E-state index contributed by atoms with van der Waals surface area (Å²) in [6.07, 6.45) is 0.987. The van der Waals surface area contributed by atoms with Gasteiger partial charge in [-0.15, -0.1) is 11.3 Å². The maximum atomic E-state index is 11.4. The Kier molecular flexibility index (Phi) is 4.71. The van der Waals surface area contributed by atoms with Crippen molar-refractivity contribution in [1.29, 1.82) is 0 Å². The first-order valence-electron chi connectivity index (χ1n) is 5.99. The molecule has 1 unspecified atom stereocenters. The third kappa shape index (κ3) is 3.82. The first-order valence-corrected chi connectivity index (χ1v) is 6.80. The number of nitrogens with one attached hydrogen (secondary N) is 1. The summed E-state index contributed by atoms with van der Waals surface area (Å²) in [6, 6.07) is 3.74. The quantitative estimate of drug-likeness (QED) is 0.848. The van der Waals surface area contributed by atoms with Gasteiger partial charge in [0.2, 0.25) is 5.91 Å². The molecule has 1 atom stereocenters. The molecule has 0 aliphatic heterocycles. The minimum absolute atomic E-state index is 0.121. The number of carbonyl (C=O) groups excluding carboxylic acids is 1. The Morgan fingerprint density at radius 3 is 2.53 bits per heavy atom. The lowest BCUT2D eigenvalue weighted by atomic mass is 9.95. The molecule has 4 heteroatoms. The number of hydrogen-bond donors (Lipinski definition) is 2. The van der Waals surface area contributed by atoms with E-state index in [9.17, 15) is 4.79 Å². The fourth-order valence-corrected chi connectivity index (χ4v) is 2.69. The number of thiophene rings is 1. The molecule has 0 spiro atoms. The van der Waals surface area contributed by atoms with E-state index in [0.717, 1.165) is 17.8 Å². The van der Waals surface area contributed by atoms with Crippen LogP contribution in [-0.4, -0.2) is 12.5 Å². The van der Waals surface area contributed by atoms with Gasteiger partial charge in [-0.2, -0.15) is 0 Å². The van der Waals surface area contributed by atoms with Crippen LogP contribution in [0.1, 0.15) is 49.9 Å². The van der Waals surface area contributed by atoms with Crippen LogP contribution < -0.4 is 11.1 Å². The van der Waals surface area contributed by atoms with Crippen molar-refractivity contribution in [2.45, 2.75) is 45.6 Å². The Hall–Kier alpha value is -0.870. The molecule has 1 aromatic rings. The number of carbonyl (C=O) groups is 1. The predicted molar refractivity (Wildman–Crippen MR) is 73.2 cm³/mol. The number of nitrogens with two attached hydrogens (primary N) is 1. The molecule has 96 valence electrons. The fourth-order valence-electron chi connectivity index (χ4n) is 1.54. The van der Waals surface area contributed by atoms with Crippen LogP contribution in [0.2, 0.25) is 0 Å². The van der Waals surface area contributed by atoms with E-state index in [-0.39, 0.29) is 17.4 Å². The lowest BCUT2D eigenvalue weighted by Crippen LogP contribution is -2.33. The van der Waals surface area contributed by atoms with E-state index in [1.165, 1.54) is 4.88 Å². The summed E-state index contributed by atoms with van der Waals surface area (Å²) in [7, 11) is 0. The molecule has 0 radical (unpaired) electrons. The van der Waals surface area contributed by atoms with E-state index in [1.807, 2.05) is 6.07 Å². The molecule has 3 N–H and O–H groups in total. The van der Waals surface area contributed by atoms with E-state index in [0.29, 0.717) is 0 Å². The summed E-state index contributed by atoms with van der Waals surface area (Å²) in [5, 5.41) is 3.19.